The first kappa shape index (κ1) is 16.8. The van der Waals surface area contributed by atoms with Crippen LogP contribution in [0.1, 0.15) is 41.0 Å². The highest BCUT2D eigenvalue weighted by atomic mass is 16.5. The normalized spacial score (nSPS) is 17.1. The van der Waals surface area contributed by atoms with Gasteiger partial charge in [0.25, 0.3) is 0 Å². The molecular weight excluding hydrogens is 256 g/mol. The molecule has 0 saturated carbocycles. The first-order valence-corrected chi connectivity index (χ1v) is 7.19. The highest BCUT2D eigenvalue weighted by Crippen LogP contribution is 2.34. The monoisotopic (exact) mass is 284 g/mol. The minimum Gasteiger partial charge on any atom is -0.453 e. The lowest BCUT2D eigenvalue weighted by Gasteiger charge is -2.40. The van der Waals surface area contributed by atoms with E-state index in [2.05, 4.69) is 20.8 Å². The molecule has 0 radical (unpaired) electrons. The quantitative estimate of drug-likeness (QED) is 0.782. The SMILES string of the molecule is COC(=O)N1CCN(C(=O)C(C)(C)CC(C)(C)C)CC1. The van der Waals surface area contributed by atoms with Crippen molar-refractivity contribution < 1.29 is 14.3 Å². The van der Waals surface area contributed by atoms with Crippen LogP contribution in [0.3, 0.4) is 0 Å². The zero-order valence-electron chi connectivity index (χ0n) is 13.7. The molecule has 5 nitrogen and oxygen atoms in total. The largest absolute Gasteiger partial charge is 0.453 e. The van der Waals surface area contributed by atoms with Crippen LogP contribution in [0.2, 0.25) is 0 Å². The highest BCUT2D eigenvalue weighted by molar-refractivity contribution is 5.82. The van der Waals surface area contributed by atoms with Crippen molar-refractivity contribution >= 4 is 12.0 Å². The smallest absolute Gasteiger partial charge is 0.409 e. The number of hydrogen-bond donors (Lipinski definition) is 0. The Labute approximate surface area is 122 Å². The Kier molecular flexibility index (Phi) is 5.05. The molecule has 116 valence electrons. The summed E-state index contributed by atoms with van der Waals surface area (Å²) in [6.45, 7) is 12.7. The lowest BCUT2D eigenvalue weighted by atomic mass is 9.75. The second kappa shape index (κ2) is 6.02. The summed E-state index contributed by atoms with van der Waals surface area (Å²) in [7, 11) is 1.38. The molecule has 0 N–H and O–H groups in total. The molecule has 0 bridgehead atoms. The van der Waals surface area contributed by atoms with Gasteiger partial charge in [0, 0.05) is 31.6 Å². The van der Waals surface area contributed by atoms with Crippen LogP contribution in [0.4, 0.5) is 4.79 Å². The van der Waals surface area contributed by atoms with Crippen molar-refractivity contribution in [2.24, 2.45) is 10.8 Å². The van der Waals surface area contributed by atoms with Gasteiger partial charge in [-0.2, -0.15) is 0 Å². The molecule has 2 amide bonds. The Hall–Kier alpha value is -1.26. The Morgan fingerprint density at radius 2 is 1.40 bits per heavy atom. The molecule has 20 heavy (non-hydrogen) atoms. The van der Waals surface area contributed by atoms with Gasteiger partial charge in [-0.15, -0.1) is 0 Å². The molecule has 0 spiro atoms. The maximum absolute atomic E-state index is 12.6. The van der Waals surface area contributed by atoms with Gasteiger partial charge in [-0.25, -0.2) is 4.79 Å². The van der Waals surface area contributed by atoms with E-state index in [4.69, 9.17) is 4.74 Å². The zero-order chi connectivity index (χ0) is 15.6. The topological polar surface area (TPSA) is 49.9 Å². The fraction of sp³-hybridized carbons (Fsp3) is 0.867. The molecule has 0 aliphatic carbocycles. The molecule has 1 saturated heterocycles. The summed E-state index contributed by atoms with van der Waals surface area (Å²) in [6, 6.07) is 0. The van der Waals surface area contributed by atoms with Gasteiger partial charge in [0.1, 0.15) is 0 Å². The number of amides is 2. The molecule has 1 rings (SSSR count). The van der Waals surface area contributed by atoms with Crippen molar-refractivity contribution in [3.8, 4) is 0 Å². The van der Waals surface area contributed by atoms with E-state index < -0.39 is 0 Å². The Balaban J connectivity index is 2.60. The molecule has 1 fully saturated rings. The Morgan fingerprint density at radius 3 is 1.80 bits per heavy atom. The summed E-state index contributed by atoms with van der Waals surface area (Å²) < 4.78 is 4.70. The van der Waals surface area contributed by atoms with Crippen LogP contribution in [0.25, 0.3) is 0 Å². The van der Waals surface area contributed by atoms with E-state index >= 15 is 0 Å². The Morgan fingerprint density at radius 1 is 0.950 bits per heavy atom. The summed E-state index contributed by atoms with van der Waals surface area (Å²) >= 11 is 0. The Bertz CT molecular complexity index is 364. The third-order valence-electron chi connectivity index (χ3n) is 3.55. The van der Waals surface area contributed by atoms with Gasteiger partial charge in [0.05, 0.1) is 7.11 Å². The van der Waals surface area contributed by atoms with E-state index in [1.54, 1.807) is 4.90 Å². The van der Waals surface area contributed by atoms with Crippen molar-refractivity contribution in [1.29, 1.82) is 0 Å². The number of hydrogen-bond acceptors (Lipinski definition) is 3. The maximum atomic E-state index is 12.6. The van der Waals surface area contributed by atoms with Crippen molar-refractivity contribution in [3.63, 3.8) is 0 Å². The third-order valence-corrected chi connectivity index (χ3v) is 3.55. The third kappa shape index (κ3) is 4.39. The summed E-state index contributed by atoms with van der Waals surface area (Å²) in [5, 5.41) is 0. The zero-order valence-corrected chi connectivity index (χ0v) is 13.7. The number of piperazine rings is 1. The predicted molar refractivity (Wildman–Crippen MR) is 78.4 cm³/mol. The molecule has 1 aliphatic heterocycles. The summed E-state index contributed by atoms with van der Waals surface area (Å²) in [5.74, 6) is 0.178. The molecule has 0 aromatic rings. The molecule has 1 aliphatic rings. The average molecular weight is 284 g/mol. The number of carbonyl (C=O) groups is 2. The molecule has 1 heterocycles. The lowest BCUT2D eigenvalue weighted by Crippen LogP contribution is -2.53. The molecule has 5 heteroatoms. The van der Waals surface area contributed by atoms with E-state index in [1.165, 1.54) is 7.11 Å². The van der Waals surface area contributed by atoms with Gasteiger partial charge in [0.15, 0.2) is 0 Å². The van der Waals surface area contributed by atoms with Crippen LogP contribution >= 0.6 is 0 Å². The van der Waals surface area contributed by atoms with Crippen LogP contribution in [0.5, 0.6) is 0 Å². The molecular formula is C15H28N2O3. The molecule has 0 unspecified atom stereocenters. The predicted octanol–water partition coefficient (Wildman–Crippen LogP) is 2.36. The summed E-state index contributed by atoms with van der Waals surface area (Å²) in [5.41, 5.74) is -0.251. The van der Waals surface area contributed by atoms with Gasteiger partial charge in [-0.05, 0) is 11.8 Å². The van der Waals surface area contributed by atoms with Crippen LogP contribution in [0, 0.1) is 10.8 Å². The van der Waals surface area contributed by atoms with Crippen LogP contribution in [-0.4, -0.2) is 55.1 Å². The fourth-order valence-electron chi connectivity index (χ4n) is 3.05. The van der Waals surface area contributed by atoms with Crippen molar-refractivity contribution in [2.75, 3.05) is 33.3 Å². The van der Waals surface area contributed by atoms with Crippen molar-refractivity contribution in [3.05, 3.63) is 0 Å². The number of nitrogens with zero attached hydrogens (tertiary/aromatic N) is 2. The van der Waals surface area contributed by atoms with E-state index in [0.717, 1.165) is 6.42 Å². The standard InChI is InChI=1S/C15H28N2O3/c1-14(2,3)11-15(4,5)12(18)16-7-9-17(10-8-16)13(19)20-6/h7-11H2,1-6H3. The number of ether oxygens (including phenoxy) is 1. The van der Waals surface area contributed by atoms with Gasteiger partial charge in [-0.1, -0.05) is 34.6 Å². The first-order valence-electron chi connectivity index (χ1n) is 7.19. The lowest BCUT2D eigenvalue weighted by molar-refractivity contribution is -0.143. The summed E-state index contributed by atoms with van der Waals surface area (Å²) in [6.07, 6.45) is 0.529. The van der Waals surface area contributed by atoms with E-state index in [1.807, 2.05) is 18.7 Å². The van der Waals surface area contributed by atoms with Crippen LogP contribution in [0.15, 0.2) is 0 Å². The minimum absolute atomic E-state index is 0.118. The average Bonchev–Trinajstić information content (AvgIpc) is 2.34. The van der Waals surface area contributed by atoms with Gasteiger partial charge < -0.3 is 14.5 Å². The van der Waals surface area contributed by atoms with E-state index in [-0.39, 0.29) is 22.8 Å². The molecule has 0 atom stereocenters. The molecule has 0 aromatic carbocycles. The van der Waals surface area contributed by atoms with Gasteiger partial charge in [-0.3, -0.25) is 4.79 Å². The maximum Gasteiger partial charge on any atom is 0.409 e. The van der Waals surface area contributed by atoms with E-state index in [9.17, 15) is 9.59 Å². The van der Waals surface area contributed by atoms with Crippen LogP contribution in [-0.2, 0) is 9.53 Å². The van der Waals surface area contributed by atoms with Gasteiger partial charge >= 0.3 is 6.09 Å². The number of methoxy groups -OCH3 is 1. The fourth-order valence-corrected chi connectivity index (χ4v) is 3.05. The number of carbonyl (C=O) groups excluding carboxylic acids is 2. The minimum atomic E-state index is -0.369. The van der Waals surface area contributed by atoms with Crippen LogP contribution < -0.4 is 0 Å². The van der Waals surface area contributed by atoms with Crippen molar-refractivity contribution in [1.82, 2.24) is 9.80 Å². The van der Waals surface area contributed by atoms with Gasteiger partial charge in [0.2, 0.25) is 5.91 Å². The van der Waals surface area contributed by atoms with E-state index in [0.29, 0.717) is 26.2 Å². The highest BCUT2D eigenvalue weighted by Gasteiger charge is 2.37. The summed E-state index contributed by atoms with van der Waals surface area (Å²) in [4.78, 5) is 27.6. The number of rotatable bonds is 2. The molecule has 0 aromatic heterocycles. The first-order chi connectivity index (χ1) is 9.07. The second-order valence-electron chi connectivity index (χ2n) is 7.37. The second-order valence-corrected chi connectivity index (χ2v) is 7.37. The van der Waals surface area contributed by atoms with Crippen molar-refractivity contribution in [2.45, 2.75) is 41.0 Å².